The molecule has 0 aromatic heterocycles. The highest BCUT2D eigenvalue weighted by Crippen LogP contribution is 2.24. The van der Waals surface area contributed by atoms with Gasteiger partial charge in [0.2, 0.25) is 5.91 Å². The van der Waals surface area contributed by atoms with Crippen molar-refractivity contribution in [2.45, 2.75) is 90.7 Å². The van der Waals surface area contributed by atoms with Crippen LogP contribution in [-0.4, -0.2) is 48.2 Å². The lowest BCUT2D eigenvalue weighted by molar-refractivity contribution is -0.121. The van der Waals surface area contributed by atoms with Crippen molar-refractivity contribution in [2.75, 3.05) is 0 Å². The summed E-state index contributed by atoms with van der Waals surface area (Å²) in [6.45, 7) is 10.8. The summed E-state index contributed by atoms with van der Waals surface area (Å²) in [5.74, 6) is -0.230. The SMILES string of the molecule is CCC(CC)O[C@@H]1C=C(C=O)C[C@H](NC(=O)OC(C)(C)C)[C@H]1NC(C)=O. The summed E-state index contributed by atoms with van der Waals surface area (Å²) in [7, 11) is 0. The fraction of sp³-hybridized carbons (Fsp3) is 0.737. The molecule has 2 amide bonds. The zero-order chi connectivity index (χ0) is 19.9. The van der Waals surface area contributed by atoms with E-state index < -0.39 is 29.9 Å². The lowest BCUT2D eigenvalue weighted by Gasteiger charge is -2.38. The van der Waals surface area contributed by atoms with Crippen LogP contribution in [0.15, 0.2) is 11.6 Å². The smallest absolute Gasteiger partial charge is 0.407 e. The molecule has 0 bridgehead atoms. The number of hydrogen-bond donors (Lipinski definition) is 2. The zero-order valence-electron chi connectivity index (χ0n) is 16.6. The second kappa shape index (κ2) is 9.71. The van der Waals surface area contributed by atoms with Crippen LogP contribution in [0.3, 0.4) is 0 Å². The molecule has 3 atom stereocenters. The summed E-state index contributed by atoms with van der Waals surface area (Å²) < 4.78 is 11.4. The van der Waals surface area contributed by atoms with Crippen molar-refractivity contribution in [3.8, 4) is 0 Å². The van der Waals surface area contributed by atoms with Gasteiger partial charge in [0.25, 0.3) is 0 Å². The van der Waals surface area contributed by atoms with Crippen LogP contribution in [-0.2, 0) is 19.1 Å². The molecule has 0 aromatic carbocycles. The molecular formula is C19H32N2O5. The topological polar surface area (TPSA) is 93.7 Å². The number of hydrogen-bond acceptors (Lipinski definition) is 5. The molecule has 148 valence electrons. The molecule has 0 saturated carbocycles. The van der Waals surface area contributed by atoms with Crippen LogP contribution in [0, 0.1) is 0 Å². The summed E-state index contributed by atoms with van der Waals surface area (Å²) in [6, 6.07) is -0.984. The van der Waals surface area contributed by atoms with Crippen molar-refractivity contribution in [3.05, 3.63) is 11.6 Å². The third-order valence-electron chi connectivity index (χ3n) is 4.11. The minimum atomic E-state index is -0.642. The number of amides is 2. The highest BCUT2D eigenvalue weighted by molar-refractivity contribution is 5.77. The zero-order valence-corrected chi connectivity index (χ0v) is 16.6. The van der Waals surface area contributed by atoms with Crippen LogP contribution in [0.5, 0.6) is 0 Å². The van der Waals surface area contributed by atoms with Gasteiger partial charge >= 0.3 is 6.09 Å². The second-order valence-electron chi connectivity index (χ2n) is 7.58. The van der Waals surface area contributed by atoms with Gasteiger partial charge in [0.1, 0.15) is 11.9 Å². The van der Waals surface area contributed by atoms with E-state index in [-0.39, 0.29) is 12.0 Å². The van der Waals surface area contributed by atoms with Crippen LogP contribution in [0.1, 0.15) is 60.8 Å². The fourth-order valence-electron chi connectivity index (χ4n) is 2.92. The first-order valence-corrected chi connectivity index (χ1v) is 9.17. The van der Waals surface area contributed by atoms with Crippen molar-refractivity contribution in [1.82, 2.24) is 10.6 Å². The van der Waals surface area contributed by atoms with Gasteiger partial charge in [-0.25, -0.2) is 4.79 Å². The molecule has 1 rings (SSSR count). The van der Waals surface area contributed by atoms with Crippen LogP contribution in [0.2, 0.25) is 0 Å². The summed E-state index contributed by atoms with van der Waals surface area (Å²) in [5, 5.41) is 5.63. The maximum absolute atomic E-state index is 12.2. The monoisotopic (exact) mass is 368 g/mol. The van der Waals surface area contributed by atoms with Gasteiger partial charge in [-0.05, 0) is 51.7 Å². The first kappa shape index (κ1) is 22.2. The number of alkyl carbamates (subject to hydrolysis) is 1. The van der Waals surface area contributed by atoms with Gasteiger partial charge in [-0.2, -0.15) is 0 Å². The van der Waals surface area contributed by atoms with Gasteiger partial charge in [0.15, 0.2) is 0 Å². The standard InChI is InChI=1S/C19H32N2O5/c1-7-14(8-2)25-16-10-13(11-22)9-15(17(16)20-12(3)23)21-18(24)26-19(4,5)6/h10-11,14-17H,7-9H2,1-6H3,(H,20,23)(H,21,24)/t15-,16+,17+/m0/s1. The highest BCUT2D eigenvalue weighted by Gasteiger charge is 2.37. The molecule has 1 aliphatic carbocycles. The first-order chi connectivity index (χ1) is 12.1. The van der Waals surface area contributed by atoms with Crippen LogP contribution in [0.4, 0.5) is 4.79 Å². The first-order valence-electron chi connectivity index (χ1n) is 9.17. The third kappa shape index (κ3) is 7.15. The van der Waals surface area contributed by atoms with E-state index in [1.807, 2.05) is 13.8 Å². The molecule has 0 heterocycles. The van der Waals surface area contributed by atoms with E-state index in [0.717, 1.165) is 19.1 Å². The molecule has 0 unspecified atom stereocenters. The van der Waals surface area contributed by atoms with Crippen LogP contribution in [0.25, 0.3) is 0 Å². The minimum Gasteiger partial charge on any atom is -0.444 e. The third-order valence-corrected chi connectivity index (χ3v) is 4.11. The van der Waals surface area contributed by atoms with Gasteiger partial charge in [-0.15, -0.1) is 0 Å². The summed E-state index contributed by atoms with van der Waals surface area (Å²) in [5.41, 5.74) is -0.111. The molecule has 2 N–H and O–H groups in total. The van der Waals surface area contributed by atoms with E-state index >= 15 is 0 Å². The lowest BCUT2D eigenvalue weighted by Crippen LogP contribution is -2.59. The minimum absolute atomic E-state index is 0.000636. The number of aldehydes is 1. The molecule has 0 aliphatic heterocycles. The van der Waals surface area contributed by atoms with E-state index in [2.05, 4.69) is 10.6 Å². The van der Waals surface area contributed by atoms with Crippen molar-refractivity contribution >= 4 is 18.3 Å². The van der Waals surface area contributed by atoms with Crippen molar-refractivity contribution < 1.29 is 23.9 Å². The quantitative estimate of drug-likeness (QED) is 0.673. The molecule has 7 nitrogen and oxygen atoms in total. The Morgan fingerprint density at radius 1 is 1.27 bits per heavy atom. The maximum atomic E-state index is 12.2. The number of rotatable bonds is 7. The average molecular weight is 368 g/mol. The van der Waals surface area contributed by atoms with E-state index in [1.54, 1.807) is 26.8 Å². The second-order valence-corrected chi connectivity index (χ2v) is 7.58. The molecular weight excluding hydrogens is 336 g/mol. The number of carbonyl (C=O) groups excluding carboxylic acids is 3. The van der Waals surface area contributed by atoms with Crippen molar-refractivity contribution in [1.29, 1.82) is 0 Å². The molecule has 7 heteroatoms. The Labute approximate surface area is 155 Å². The van der Waals surface area contributed by atoms with Crippen LogP contribution < -0.4 is 10.6 Å². The largest absolute Gasteiger partial charge is 0.444 e. The number of carbonyl (C=O) groups is 3. The number of nitrogens with one attached hydrogen (secondary N) is 2. The molecule has 0 saturated heterocycles. The van der Waals surface area contributed by atoms with Crippen molar-refractivity contribution in [2.24, 2.45) is 0 Å². The average Bonchev–Trinajstić information content (AvgIpc) is 2.52. The summed E-state index contributed by atoms with van der Waals surface area (Å²) >= 11 is 0. The lowest BCUT2D eigenvalue weighted by atomic mass is 9.88. The Hall–Kier alpha value is -1.89. The van der Waals surface area contributed by atoms with Gasteiger partial charge in [0.05, 0.1) is 24.3 Å². The number of ether oxygens (including phenoxy) is 2. The van der Waals surface area contributed by atoms with Crippen molar-refractivity contribution in [3.63, 3.8) is 0 Å². The Kier molecular flexibility index (Phi) is 8.27. The Morgan fingerprint density at radius 3 is 2.35 bits per heavy atom. The molecule has 0 fully saturated rings. The molecule has 0 spiro atoms. The summed E-state index contributed by atoms with van der Waals surface area (Å²) in [4.78, 5) is 35.3. The Bertz CT molecular complexity index is 535. The molecule has 26 heavy (non-hydrogen) atoms. The van der Waals surface area contributed by atoms with E-state index in [4.69, 9.17) is 9.47 Å². The van der Waals surface area contributed by atoms with Gasteiger partial charge in [-0.3, -0.25) is 9.59 Å². The van der Waals surface area contributed by atoms with E-state index in [1.165, 1.54) is 6.92 Å². The fourth-order valence-corrected chi connectivity index (χ4v) is 2.92. The maximum Gasteiger partial charge on any atom is 0.407 e. The van der Waals surface area contributed by atoms with Gasteiger partial charge in [-0.1, -0.05) is 13.8 Å². The van der Waals surface area contributed by atoms with E-state index in [9.17, 15) is 14.4 Å². The Morgan fingerprint density at radius 2 is 1.88 bits per heavy atom. The van der Waals surface area contributed by atoms with Crippen LogP contribution >= 0.6 is 0 Å². The highest BCUT2D eigenvalue weighted by atomic mass is 16.6. The normalized spacial score (nSPS) is 23.2. The van der Waals surface area contributed by atoms with Gasteiger partial charge < -0.3 is 20.1 Å². The van der Waals surface area contributed by atoms with Gasteiger partial charge in [0, 0.05) is 6.92 Å². The molecule has 1 aliphatic rings. The Balaban J connectivity index is 3.05. The van der Waals surface area contributed by atoms with E-state index in [0.29, 0.717) is 12.0 Å². The molecule has 0 radical (unpaired) electrons. The summed E-state index contributed by atoms with van der Waals surface area (Å²) in [6.07, 6.45) is 3.33. The molecule has 0 aromatic rings. The predicted octanol–water partition coefficient (Wildman–Crippen LogP) is 2.49. The predicted molar refractivity (Wildman–Crippen MR) is 98.8 cm³/mol.